The van der Waals surface area contributed by atoms with Crippen molar-refractivity contribution in [2.45, 2.75) is 32.8 Å². The number of oxime groups is 1. The molecule has 0 aliphatic heterocycles. The molecule has 88 valence electrons. The van der Waals surface area contributed by atoms with Crippen molar-refractivity contribution in [3.05, 3.63) is 17.8 Å². The second-order valence-corrected chi connectivity index (χ2v) is 3.95. The Morgan fingerprint density at radius 1 is 1.62 bits per heavy atom. The van der Waals surface area contributed by atoms with Crippen molar-refractivity contribution < 1.29 is 9.94 Å². The first kappa shape index (κ1) is 12.2. The highest BCUT2D eigenvalue weighted by Gasteiger charge is 2.21. The summed E-state index contributed by atoms with van der Waals surface area (Å²) in [7, 11) is 0. The average Bonchev–Trinajstić information content (AvgIpc) is 2.28. The molecule has 0 fully saturated rings. The lowest BCUT2D eigenvalue weighted by Gasteiger charge is -2.24. The summed E-state index contributed by atoms with van der Waals surface area (Å²) in [6, 6.07) is 1.59. The Morgan fingerprint density at radius 3 is 2.88 bits per heavy atom. The lowest BCUT2D eigenvalue weighted by Crippen LogP contribution is -2.29. The van der Waals surface area contributed by atoms with Crippen LogP contribution in [0.15, 0.2) is 17.4 Å². The molecule has 1 aromatic heterocycles. The van der Waals surface area contributed by atoms with Gasteiger partial charge in [-0.05, 0) is 26.3 Å². The SMILES string of the molecule is CCC(C)(C)Oc1nnccc1/C(N)=N/O. The van der Waals surface area contributed by atoms with Gasteiger partial charge in [0.15, 0.2) is 5.84 Å². The van der Waals surface area contributed by atoms with Gasteiger partial charge in [0.05, 0.1) is 11.8 Å². The van der Waals surface area contributed by atoms with E-state index < -0.39 is 0 Å². The van der Waals surface area contributed by atoms with Crippen LogP contribution in [0.2, 0.25) is 0 Å². The molecular formula is C10H16N4O2. The molecule has 6 nitrogen and oxygen atoms in total. The van der Waals surface area contributed by atoms with Crippen LogP contribution in [-0.4, -0.2) is 26.8 Å². The standard InChI is InChI=1S/C10H16N4O2/c1-4-10(2,3)16-9-7(8(11)14-15)5-6-12-13-9/h5-6,15H,4H2,1-3H3,(H2,11,14). The third kappa shape index (κ3) is 2.82. The molecular weight excluding hydrogens is 208 g/mol. The van der Waals surface area contributed by atoms with Gasteiger partial charge in [-0.1, -0.05) is 12.1 Å². The summed E-state index contributed by atoms with van der Waals surface area (Å²) >= 11 is 0. The van der Waals surface area contributed by atoms with E-state index in [-0.39, 0.29) is 17.3 Å². The molecule has 0 spiro atoms. The molecule has 1 rings (SSSR count). The second-order valence-electron chi connectivity index (χ2n) is 3.95. The zero-order chi connectivity index (χ0) is 12.2. The maximum absolute atomic E-state index is 8.63. The van der Waals surface area contributed by atoms with Crippen LogP contribution < -0.4 is 10.5 Å². The maximum atomic E-state index is 8.63. The zero-order valence-electron chi connectivity index (χ0n) is 9.64. The van der Waals surface area contributed by atoms with Crippen LogP contribution in [0.5, 0.6) is 5.88 Å². The van der Waals surface area contributed by atoms with Crippen molar-refractivity contribution in [2.75, 3.05) is 0 Å². The number of aromatic nitrogens is 2. The Hall–Kier alpha value is -1.85. The summed E-state index contributed by atoms with van der Waals surface area (Å²) in [5.41, 5.74) is 5.56. The molecule has 0 bridgehead atoms. The largest absolute Gasteiger partial charge is 0.470 e. The Balaban J connectivity index is 3.05. The summed E-state index contributed by atoms with van der Waals surface area (Å²) in [5.74, 6) is 0.224. The van der Waals surface area contributed by atoms with E-state index in [9.17, 15) is 0 Å². The fourth-order valence-corrected chi connectivity index (χ4v) is 0.977. The van der Waals surface area contributed by atoms with Crippen LogP contribution in [-0.2, 0) is 0 Å². The first-order valence-electron chi connectivity index (χ1n) is 4.99. The van der Waals surface area contributed by atoms with Crippen molar-refractivity contribution in [1.82, 2.24) is 10.2 Å². The number of ether oxygens (including phenoxy) is 1. The summed E-state index contributed by atoms with van der Waals surface area (Å²) in [6.45, 7) is 5.86. The summed E-state index contributed by atoms with van der Waals surface area (Å²) in [6.07, 6.45) is 2.26. The molecule has 16 heavy (non-hydrogen) atoms. The van der Waals surface area contributed by atoms with Crippen molar-refractivity contribution in [2.24, 2.45) is 10.9 Å². The lowest BCUT2D eigenvalue weighted by molar-refractivity contribution is 0.0972. The number of nitrogens with two attached hydrogens (primary N) is 1. The number of hydrogen-bond acceptors (Lipinski definition) is 5. The van der Waals surface area contributed by atoms with E-state index in [4.69, 9.17) is 15.7 Å². The molecule has 1 heterocycles. The minimum absolute atomic E-state index is 0.0446. The van der Waals surface area contributed by atoms with Crippen LogP contribution in [0.25, 0.3) is 0 Å². The Kier molecular flexibility index (Phi) is 3.65. The summed E-state index contributed by atoms with van der Waals surface area (Å²) in [5, 5.41) is 19.1. The van der Waals surface area contributed by atoms with E-state index in [1.807, 2.05) is 20.8 Å². The van der Waals surface area contributed by atoms with Crippen LogP contribution in [0.1, 0.15) is 32.8 Å². The minimum Gasteiger partial charge on any atom is -0.470 e. The topological polar surface area (TPSA) is 93.6 Å². The minimum atomic E-state index is -0.374. The van der Waals surface area contributed by atoms with Gasteiger partial charge in [0.1, 0.15) is 5.60 Å². The van der Waals surface area contributed by atoms with Gasteiger partial charge in [-0.25, -0.2) is 0 Å². The van der Waals surface area contributed by atoms with Crippen molar-refractivity contribution >= 4 is 5.84 Å². The quantitative estimate of drug-likeness (QED) is 0.346. The highest BCUT2D eigenvalue weighted by Crippen LogP contribution is 2.21. The van der Waals surface area contributed by atoms with E-state index in [1.165, 1.54) is 6.20 Å². The first-order valence-corrected chi connectivity index (χ1v) is 4.99. The number of nitrogens with zero attached hydrogens (tertiary/aromatic N) is 3. The fourth-order valence-electron chi connectivity index (χ4n) is 0.977. The van der Waals surface area contributed by atoms with Crippen LogP contribution in [0.3, 0.4) is 0 Å². The van der Waals surface area contributed by atoms with Gasteiger partial charge >= 0.3 is 0 Å². The molecule has 0 saturated heterocycles. The van der Waals surface area contributed by atoms with Crippen molar-refractivity contribution in [3.63, 3.8) is 0 Å². The van der Waals surface area contributed by atoms with E-state index in [1.54, 1.807) is 6.07 Å². The third-order valence-corrected chi connectivity index (χ3v) is 2.29. The average molecular weight is 224 g/mol. The van der Waals surface area contributed by atoms with E-state index in [0.717, 1.165) is 6.42 Å². The van der Waals surface area contributed by atoms with E-state index in [0.29, 0.717) is 5.56 Å². The molecule has 0 saturated carbocycles. The maximum Gasteiger partial charge on any atom is 0.245 e. The van der Waals surface area contributed by atoms with Gasteiger partial charge in [0.25, 0.3) is 0 Å². The third-order valence-electron chi connectivity index (χ3n) is 2.29. The molecule has 0 amide bonds. The van der Waals surface area contributed by atoms with Crippen molar-refractivity contribution in [1.29, 1.82) is 0 Å². The smallest absolute Gasteiger partial charge is 0.245 e. The lowest BCUT2D eigenvalue weighted by atomic mass is 10.1. The van der Waals surface area contributed by atoms with Crippen LogP contribution in [0, 0.1) is 0 Å². The first-order chi connectivity index (χ1) is 7.50. The molecule has 0 aromatic carbocycles. The highest BCUT2D eigenvalue weighted by molar-refractivity contribution is 5.98. The van der Waals surface area contributed by atoms with Gasteiger partial charge in [0.2, 0.25) is 5.88 Å². The van der Waals surface area contributed by atoms with Gasteiger partial charge < -0.3 is 15.7 Å². The van der Waals surface area contributed by atoms with Gasteiger partial charge in [-0.3, -0.25) is 0 Å². The second kappa shape index (κ2) is 4.78. The highest BCUT2D eigenvalue weighted by atomic mass is 16.5. The molecule has 3 N–H and O–H groups in total. The molecule has 0 aliphatic carbocycles. The van der Waals surface area contributed by atoms with Gasteiger partial charge in [-0.15, -0.1) is 5.10 Å². The molecule has 0 atom stereocenters. The zero-order valence-corrected chi connectivity index (χ0v) is 9.64. The number of amidine groups is 1. The predicted molar refractivity (Wildman–Crippen MR) is 59.5 cm³/mol. The van der Waals surface area contributed by atoms with Crippen LogP contribution in [0.4, 0.5) is 0 Å². The Labute approximate surface area is 94.1 Å². The van der Waals surface area contributed by atoms with Crippen molar-refractivity contribution in [3.8, 4) is 5.88 Å². The van der Waals surface area contributed by atoms with Gasteiger partial charge in [-0.2, -0.15) is 5.10 Å². The Morgan fingerprint density at radius 2 is 2.31 bits per heavy atom. The summed E-state index contributed by atoms with van der Waals surface area (Å²) < 4.78 is 5.66. The predicted octanol–water partition coefficient (Wildman–Crippen LogP) is 1.14. The molecule has 0 unspecified atom stereocenters. The molecule has 0 radical (unpaired) electrons. The fraction of sp³-hybridized carbons (Fsp3) is 0.500. The van der Waals surface area contributed by atoms with E-state index in [2.05, 4.69) is 15.4 Å². The molecule has 1 aromatic rings. The van der Waals surface area contributed by atoms with Gasteiger partial charge in [0, 0.05) is 0 Å². The van der Waals surface area contributed by atoms with Crippen LogP contribution >= 0.6 is 0 Å². The molecule has 6 heteroatoms. The Bertz CT molecular complexity index is 390. The normalized spacial score (nSPS) is 12.6. The number of hydrogen-bond donors (Lipinski definition) is 2. The van der Waals surface area contributed by atoms with E-state index >= 15 is 0 Å². The summed E-state index contributed by atoms with van der Waals surface area (Å²) in [4.78, 5) is 0. The number of rotatable bonds is 4. The molecule has 0 aliphatic rings. The monoisotopic (exact) mass is 224 g/mol.